The van der Waals surface area contributed by atoms with E-state index in [1.807, 2.05) is 0 Å². The molecule has 1 heterocycles. The number of benzene rings is 1. The van der Waals surface area contributed by atoms with E-state index in [-0.39, 0.29) is 0 Å². The van der Waals surface area contributed by atoms with Gasteiger partial charge < -0.3 is 20.7 Å². The summed E-state index contributed by atoms with van der Waals surface area (Å²) < 4.78 is 6.53. The van der Waals surface area contributed by atoms with Gasteiger partial charge in [-0.3, -0.25) is 0 Å². The number of rotatable bonds is 5. The van der Waals surface area contributed by atoms with Crippen LogP contribution in [0.15, 0.2) is 27.7 Å². The van der Waals surface area contributed by atoms with E-state index in [0.29, 0.717) is 12.5 Å². The normalized spacial score (nSPS) is 19.5. The molecule has 0 atom stereocenters. The smallest absolute Gasteiger partial charge is 0.188 e. The van der Waals surface area contributed by atoms with Crippen molar-refractivity contribution in [2.45, 2.75) is 25.8 Å². The van der Waals surface area contributed by atoms with Gasteiger partial charge in [0.1, 0.15) is 0 Å². The Balaban J connectivity index is 1.63. The fourth-order valence-corrected chi connectivity index (χ4v) is 3.29. The van der Waals surface area contributed by atoms with E-state index in [4.69, 9.17) is 10.5 Å². The number of morpholine rings is 1. The van der Waals surface area contributed by atoms with Crippen LogP contribution in [0, 0.1) is 5.92 Å². The van der Waals surface area contributed by atoms with E-state index in [1.165, 1.54) is 30.5 Å². The number of nitrogens with two attached hydrogens (primary N) is 1. The Labute approximate surface area is 146 Å². The van der Waals surface area contributed by atoms with Crippen molar-refractivity contribution >= 4 is 27.6 Å². The first-order valence-electron chi connectivity index (χ1n) is 8.37. The van der Waals surface area contributed by atoms with Gasteiger partial charge in [-0.1, -0.05) is 28.4 Å². The molecule has 0 aromatic heterocycles. The van der Waals surface area contributed by atoms with Gasteiger partial charge in [0.2, 0.25) is 0 Å². The second-order valence-corrected chi connectivity index (χ2v) is 7.17. The summed E-state index contributed by atoms with van der Waals surface area (Å²) in [6.45, 7) is 4.95. The summed E-state index contributed by atoms with van der Waals surface area (Å²) in [6.07, 6.45) is 3.98. The molecule has 23 heavy (non-hydrogen) atoms. The highest BCUT2D eigenvalue weighted by Gasteiger charge is 2.17. The van der Waals surface area contributed by atoms with Gasteiger partial charge in [0, 0.05) is 29.8 Å². The molecule has 3 N–H and O–H groups in total. The van der Waals surface area contributed by atoms with E-state index in [2.05, 4.69) is 49.3 Å². The number of hydrogen-bond acceptors (Lipinski definition) is 3. The van der Waals surface area contributed by atoms with Gasteiger partial charge in [0.25, 0.3) is 0 Å². The predicted octanol–water partition coefficient (Wildman–Crippen LogP) is 2.49. The lowest BCUT2D eigenvalue weighted by Crippen LogP contribution is -2.37. The van der Waals surface area contributed by atoms with Gasteiger partial charge in [-0.25, -0.2) is 4.99 Å². The van der Waals surface area contributed by atoms with E-state index in [1.54, 1.807) is 0 Å². The second-order valence-electron chi connectivity index (χ2n) is 6.25. The van der Waals surface area contributed by atoms with Crippen molar-refractivity contribution in [2.24, 2.45) is 16.6 Å². The summed E-state index contributed by atoms with van der Waals surface area (Å²) in [7, 11) is 0. The van der Waals surface area contributed by atoms with E-state index < -0.39 is 0 Å². The van der Waals surface area contributed by atoms with Crippen LogP contribution in [0.2, 0.25) is 0 Å². The number of hydrogen-bond donors (Lipinski definition) is 2. The standard InChI is InChI=1S/C17H25BrN4O/c18-15-5-4-14(16(10-15)22-6-8-23-9-7-22)12-21-17(19)20-11-13-2-1-3-13/h4-5,10,13H,1-3,6-9,11-12H2,(H3,19,20,21). The summed E-state index contributed by atoms with van der Waals surface area (Å²) in [5, 5.41) is 3.25. The molecule has 0 bridgehead atoms. The lowest BCUT2D eigenvalue weighted by Gasteiger charge is -2.30. The molecule has 0 unspecified atom stereocenters. The zero-order chi connectivity index (χ0) is 16.1. The van der Waals surface area contributed by atoms with Crippen LogP contribution in [0.3, 0.4) is 0 Å². The highest BCUT2D eigenvalue weighted by molar-refractivity contribution is 9.10. The van der Waals surface area contributed by atoms with Crippen molar-refractivity contribution in [3.63, 3.8) is 0 Å². The summed E-state index contributed by atoms with van der Waals surface area (Å²) >= 11 is 3.57. The average molecular weight is 381 g/mol. The van der Waals surface area contributed by atoms with E-state index >= 15 is 0 Å². The number of anilines is 1. The molecular weight excluding hydrogens is 356 g/mol. The minimum atomic E-state index is 0.549. The van der Waals surface area contributed by atoms with E-state index in [9.17, 15) is 0 Å². The van der Waals surface area contributed by atoms with Crippen LogP contribution in [-0.2, 0) is 11.3 Å². The quantitative estimate of drug-likeness (QED) is 0.608. The highest BCUT2D eigenvalue weighted by Crippen LogP contribution is 2.27. The lowest BCUT2D eigenvalue weighted by molar-refractivity contribution is 0.122. The fraction of sp³-hybridized carbons (Fsp3) is 0.588. The molecule has 5 nitrogen and oxygen atoms in total. The molecule has 0 spiro atoms. The van der Waals surface area contributed by atoms with Crippen LogP contribution in [0.5, 0.6) is 0 Å². The molecule has 0 amide bonds. The number of aliphatic imine (C=N–C) groups is 1. The van der Waals surface area contributed by atoms with Crippen molar-refractivity contribution < 1.29 is 4.74 Å². The highest BCUT2D eigenvalue weighted by atomic mass is 79.9. The van der Waals surface area contributed by atoms with Crippen LogP contribution in [-0.4, -0.2) is 38.8 Å². The Kier molecular flexibility index (Phi) is 5.78. The maximum atomic E-state index is 6.00. The lowest BCUT2D eigenvalue weighted by atomic mass is 9.85. The van der Waals surface area contributed by atoms with Crippen molar-refractivity contribution in [3.05, 3.63) is 28.2 Å². The largest absolute Gasteiger partial charge is 0.378 e. The number of halogens is 1. The third kappa shape index (κ3) is 4.61. The SMILES string of the molecule is NC(=NCc1ccc(Br)cc1N1CCOCC1)NCC1CCC1. The van der Waals surface area contributed by atoms with Crippen LogP contribution < -0.4 is 16.0 Å². The van der Waals surface area contributed by atoms with Crippen molar-refractivity contribution in [1.82, 2.24) is 5.32 Å². The van der Waals surface area contributed by atoms with Gasteiger partial charge in [-0.2, -0.15) is 0 Å². The van der Waals surface area contributed by atoms with Gasteiger partial charge in [0.05, 0.1) is 19.8 Å². The molecule has 1 saturated carbocycles. The van der Waals surface area contributed by atoms with Gasteiger partial charge in [-0.05, 0) is 36.5 Å². The molecule has 2 fully saturated rings. The molecule has 0 radical (unpaired) electrons. The van der Waals surface area contributed by atoms with Crippen molar-refractivity contribution in [1.29, 1.82) is 0 Å². The molecule has 3 rings (SSSR count). The predicted molar refractivity (Wildman–Crippen MR) is 97.8 cm³/mol. The first-order chi connectivity index (χ1) is 11.2. The van der Waals surface area contributed by atoms with Gasteiger partial charge >= 0.3 is 0 Å². The first-order valence-corrected chi connectivity index (χ1v) is 9.16. The molecule has 2 aliphatic rings. The Bertz CT molecular complexity index is 554. The Morgan fingerprint density at radius 1 is 1.35 bits per heavy atom. The third-order valence-corrected chi connectivity index (χ3v) is 5.11. The van der Waals surface area contributed by atoms with Crippen LogP contribution in [0.25, 0.3) is 0 Å². The maximum absolute atomic E-state index is 6.00. The van der Waals surface area contributed by atoms with E-state index in [0.717, 1.165) is 43.2 Å². The monoisotopic (exact) mass is 380 g/mol. The Morgan fingerprint density at radius 3 is 2.83 bits per heavy atom. The summed E-state index contributed by atoms with van der Waals surface area (Å²) in [5.74, 6) is 1.33. The maximum Gasteiger partial charge on any atom is 0.188 e. The molecule has 1 aliphatic heterocycles. The summed E-state index contributed by atoms with van der Waals surface area (Å²) in [6, 6.07) is 6.35. The number of nitrogens with zero attached hydrogens (tertiary/aromatic N) is 2. The molecule has 1 aromatic rings. The third-order valence-electron chi connectivity index (χ3n) is 4.62. The molecular formula is C17H25BrN4O. The topological polar surface area (TPSA) is 62.9 Å². The van der Waals surface area contributed by atoms with Crippen LogP contribution in [0.4, 0.5) is 5.69 Å². The average Bonchev–Trinajstić information content (AvgIpc) is 2.53. The van der Waals surface area contributed by atoms with Gasteiger partial charge in [0.15, 0.2) is 5.96 Å². The minimum absolute atomic E-state index is 0.549. The summed E-state index contributed by atoms with van der Waals surface area (Å²) in [5.41, 5.74) is 8.42. The van der Waals surface area contributed by atoms with Crippen molar-refractivity contribution in [2.75, 3.05) is 37.7 Å². The minimum Gasteiger partial charge on any atom is -0.378 e. The molecule has 1 aliphatic carbocycles. The van der Waals surface area contributed by atoms with Crippen LogP contribution >= 0.6 is 15.9 Å². The first kappa shape index (κ1) is 16.6. The number of ether oxygens (including phenoxy) is 1. The zero-order valence-corrected chi connectivity index (χ0v) is 15.0. The second kappa shape index (κ2) is 8.02. The Morgan fingerprint density at radius 2 is 2.13 bits per heavy atom. The summed E-state index contributed by atoms with van der Waals surface area (Å²) in [4.78, 5) is 6.88. The molecule has 1 aromatic carbocycles. The number of nitrogens with one attached hydrogen (secondary N) is 1. The number of guanidine groups is 1. The molecule has 126 valence electrons. The Hall–Kier alpha value is -1.27. The van der Waals surface area contributed by atoms with Crippen molar-refractivity contribution in [3.8, 4) is 0 Å². The van der Waals surface area contributed by atoms with Gasteiger partial charge in [-0.15, -0.1) is 0 Å². The van der Waals surface area contributed by atoms with Crippen LogP contribution in [0.1, 0.15) is 24.8 Å². The molecule has 1 saturated heterocycles. The zero-order valence-electron chi connectivity index (χ0n) is 13.4. The molecule has 6 heteroatoms. The fourth-order valence-electron chi connectivity index (χ4n) is 2.94.